The van der Waals surface area contributed by atoms with Crippen LogP contribution in [0, 0.1) is 11.8 Å². The molecule has 1 N–H and O–H groups in total. The second kappa shape index (κ2) is 4.95. The smallest absolute Gasteiger partial charge is 0.410 e. The predicted octanol–water partition coefficient (Wildman–Crippen LogP) is 2.02. The van der Waals surface area contributed by atoms with Crippen LogP contribution in [-0.4, -0.2) is 47.6 Å². The lowest BCUT2D eigenvalue weighted by Gasteiger charge is -2.24. The quantitative estimate of drug-likeness (QED) is 0.792. The molecule has 1 rings (SSSR count). The Labute approximate surface area is 104 Å². The highest BCUT2D eigenvalue weighted by molar-refractivity contribution is 5.68. The van der Waals surface area contributed by atoms with E-state index in [9.17, 15) is 18.0 Å². The Balaban J connectivity index is 2.70. The van der Waals surface area contributed by atoms with Crippen LogP contribution in [0.2, 0.25) is 0 Å². The van der Waals surface area contributed by atoms with Gasteiger partial charge in [0.05, 0.1) is 5.92 Å². The molecule has 1 aliphatic rings. The Kier molecular flexibility index (Phi) is 4.15. The summed E-state index contributed by atoms with van der Waals surface area (Å²) in [6.07, 6.45) is -5.18. The van der Waals surface area contributed by atoms with Crippen molar-refractivity contribution in [3.8, 4) is 0 Å². The lowest BCUT2D eigenvalue weighted by Crippen LogP contribution is -2.36. The number of rotatable bonds is 1. The molecular weight excluding hydrogens is 251 g/mol. The minimum Gasteiger partial charge on any atom is -0.444 e. The van der Waals surface area contributed by atoms with Gasteiger partial charge in [-0.05, 0) is 20.8 Å². The maximum Gasteiger partial charge on any atom is 0.410 e. The monoisotopic (exact) mass is 269 g/mol. The lowest BCUT2D eigenvalue weighted by molar-refractivity contribution is -0.182. The molecule has 0 radical (unpaired) electrons. The van der Waals surface area contributed by atoms with Crippen molar-refractivity contribution in [1.82, 2.24) is 4.90 Å². The van der Waals surface area contributed by atoms with Crippen LogP contribution in [0.15, 0.2) is 0 Å². The van der Waals surface area contributed by atoms with E-state index in [4.69, 9.17) is 9.84 Å². The Morgan fingerprint density at radius 1 is 1.33 bits per heavy atom. The van der Waals surface area contributed by atoms with Gasteiger partial charge >= 0.3 is 12.3 Å². The number of aliphatic hydroxyl groups is 1. The number of amides is 1. The highest BCUT2D eigenvalue weighted by atomic mass is 19.4. The molecule has 18 heavy (non-hydrogen) atoms. The molecule has 1 unspecified atom stereocenters. The average Bonchev–Trinajstić information content (AvgIpc) is 2.57. The van der Waals surface area contributed by atoms with Gasteiger partial charge in [-0.1, -0.05) is 0 Å². The van der Waals surface area contributed by atoms with Crippen LogP contribution in [0.5, 0.6) is 0 Å². The van der Waals surface area contributed by atoms with Crippen molar-refractivity contribution in [3.63, 3.8) is 0 Å². The summed E-state index contributed by atoms with van der Waals surface area (Å²) < 4.78 is 43.1. The summed E-state index contributed by atoms with van der Waals surface area (Å²) in [5.41, 5.74) is -0.748. The van der Waals surface area contributed by atoms with Crippen molar-refractivity contribution >= 4 is 6.09 Å². The van der Waals surface area contributed by atoms with E-state index >= 15 is 0 Å². The van der Waals surface area contributed by atoms with Crippen molar-refractivity contribution in [2.24, 2.45) is 11.8 Å². The number of nitrogens with zero attached hydrogens (tertiary/aromatic N) is 1. The van der Waals surface area contributed by atoms with Crippen LogP contribution in [0.1, 0.15) is 20.8 Å². The van der Waals surface area contributed by atoms with Crippen molar-refractivity contribution in [1.29, 1.82) is 0 Å². The molecule has 106 valence electrons. The summed E-state index contributed by atoms with van der Waals surface area (Å²) in [4.78, 5) is 12.7. The maximum atomic E-state index is 12.7. The number of hydrogen-bond acceptors (Lipinski definition) is 3. The van der Waals surface area contributed by atoms with Crippen molar-refractivity contribution in [3.05, 3.63) is 0 Å². The van der Waals surface area contributed by atoms with Gasteiger partial charge in [-0.15, -0.1) is 0 Å². The molecule has 4 nitrogen and oxygen atoms in total. The van der Waals surface area contributed by atoms with Gasteiger partial charge in [-0.2, -0.15) is 13.2 Å². The van der Waals surface area contributed by atoms with E-state index in [2.05, 4.69) is 0 Å². The Hall–Kier alpha value is -0.980. The molecule has 0 saturated carbocycles. The minimum atomic E-state index is -4.41. The fourth-order valence-corrected chi connectivity index (χ4v) is 1.90. The van der Waals surface area contributed by atoms with Gasteiger partial charge in [0.25, 0.3) is 0 Å². The van der Waals surface area contributed by atoms with E-state index in [1.807, 2.05) is 0 Å². The summed E-state index contributed by atoms with van der Waals surface area (Å²) >= 11 is 0. The van der Waals surface area contributed by atoms with Crippen molar-refractivity contribution in [2.75, 3.05) is 19.7 Å². The zero-order valence-electron chi connectivity index (χ0n) is 10.6. The molecular formula is C11H18F3NO3. The van der Waals surface area contributed by atoms with Crippen LogP contribution in [0.25, 0.3) is 0 Å². The molecule has 0 aliphatic carbocycles. The Morgan fingerprint density at radius 2 is 1.89 bits per heavy atom. The minimum absolute atomic E-state index is 0.129. The Morgan fingerprint density at radius 3 is 2.22 bits per heavy atom. The molecule has 1 amide bonds. The molecule has 7 heteroatoms. The molecule has 0 spiro atoms. The van der Waals surface area contributed by atoms with Gasteiger partial charge in [0, 0.05) is 25.6 Å². The highest BCUT2D eigenvalue weighted by Gasteiger charge is 2.50. The SMILES string of the molecule is CC(C)(C)OC(=O)N1CC(CO)[C@@H](C(F)(F)F)C1. The number of hydrogen-bond donors (Lipinski definition) is 1. The van der Waals surface area contributed by atoms with Gasteiger partial charge < -0.3 is 14.7 Å². The second-order valence-corrected chi connectivity index (χ2v) is 5.48. The topological polar surface area (TPSA) is 49.8 Å². The zero-order chi connectivity index (χ0) is 14.1. The van der Waals surface area contributed by atoms with Gasteiger partial charge in [0.1, 0.15) is 5.60 Å². The normalized spacial score (nSPS) is 25.4. The number of carbonyl (C=O) groups excluding carboxylic acids is 1. The number of alkyl halides is 3. The Bertz CT molecular complexity index is 312. The van der Waals surface area contributed by atoms with Crippen LogP contribution in [0.3, 0.4) is 0 Å². The third-order valence-electron chi connectivity index (χ3n) is 2.75. The molecule has 2 atom stereocenters. The van der Waals surface area contributed by atoms with Gasteiger partial charge in [0.15, 0.2) is 0 Å². The predicted molar refractivity (Wildman–Crippen MR) is 57.9 cm³/mol. The number of ether oxygens (including phenoxy) is 1. The fourth-order valence-electron chi connectivity index (χ4n) is 1.90. The zero-order valence-corrected chi connectivity index (χ0v) is 10.6. The summed E-state index contributed by atoms with van der Waals surface area (Å²) in [7, 11) is 0. The molecule has 0 aromatic heterocycles. The summed E-state index contributed by atoms with van der Waals surface area (Å²) in [6.45, 7) is 3.76. The first kappa shape index (κ1) is 15.1. The van der Waals surface area contributed by atoms with Gasteiger partial charge in [0.2, 0.25) is 0 Å². The second-order valence-electron chi connectivity index (χ2n) is 5.48. The number of carbonyl (C=O) groups is 1. The van der Waals surface area contributed by atoms with Crippen LogP contribution >= 0.6 is 0 Å². The molecule has 1 fully saturated rings. The van der Waals surface area contributed by atoms with Crippen molar-refractivity contribution in [2.45, 2.75) is 32.5 Å². The maximum absolute atomic E-state index is 12.7. The van der Waals surface area contributed by atoms with E-state index < -0.39 is 42.9 Å². The summed E-state index contributed by atoms with van der Waals surface area (Å²) in [5.74, 6) is -2.66. The molecule has 1 aliphatic heterocycles. The average molecular weight is 269 g/mol. The molecule has 0 aromatic carbocycles. The van der Waals surface area contributed by atoms with E-state index in [0.29, 0.717) is 0 Å². The standard InChI is InChI=1S/C11H18F3NO3/c1-10(2,3)18-9(17)15-4-7(6-16)8(5-15)11(12,13)14/h7-8,16H,4-6H2,1-3H3/t7?,8-/m0/s1. The first-order valence-corrected chi connectivity index (χ1v) is 5.70. The van der Waals surface area contributed by atoms with E-state index in [1.165, 1.54) is 0 Å². The largest absolute Gasteiger partial charge is 0.444 e. The fraction of sp³-hybridized carbons (Fsp3) is 0.909. The molecule has 0 aromatic rings. The van der Waals surface area contributed by atoms with Crippen molar-refractivity contribution < 1.29 is 27.8 Å². The van der Waals surface area contributed by atoms with Crippen LogP contribution in [-0.2, 0) is 4.74 Å². The molecule has 0 bridgehead atoms. The molecule has 1 heterocycles. The third-order valence-corrected chi connectivity index (χ3v) is 2.75. The highest BCUT2D eigenvalue weighted by Crippen LogP contribution is 2.37. The number of aliphatic hydroxyl groups excluding tert-OH is 1. The van der Waals surface area contributed by atoms with Gasteiger partial charge in [-0.3, -0.25) is 0 Å². The third kappa shape index (κ3) is 3.76. The summed E-state index contributed by atoms with van der Waals surface area (Å²) in [6, 6.07) is 0. The van der Waals surface area contributed by atoms with Crippen LogP contribution < -0.4 is 0 Å². The van der Waals surface area contributed by atoms with E-state index in [0.717, 1.165) is 4.90 Å². The van der Waals surface area contributed by atoms with Gasteiger partial charge in [-0.25, -0.2) is 4.79 Å². The number of halogens is 3. The first-order valence-electron chi connectivity index (χ1n) is 5.70. The van der Waals surface area contributed by atoms with E-state index in [1.54, 1.807) is 20.8 Å². The first-order chi connectivity index (χ1) is 8.04. The summed E-state index contributed by atoms with van der Waals surface area (Å²) in [5, 5.41) is 8.95. The number of likely N-dealkylation sites (tertiary alicyclic amines) is 1. The van der Waals surface area contributed by atoms with Crippen LogP contribution in [0.4, 0.5) is 18.0 Å². The molecule has 1 saturated heterocycles. The van der Waals surface area contributed by atoms with E-state index in [-0.39, 0.29) is 6.54 Å². The lowest BCUT2D eigenvalue weighted by atomic mass is 9.97.